The smallest absolute Gasteiger partial charge is 0.126 e. The van der Waals surface area contributed by atoms with Crippen LogP contribution in [0.5, 0.6) is 0 Å². The lowest BCUT2D eigenvalue weighted by molar-refractivity contribution is -0.873. The van der Waals surface area contributed by atoms with E-state index in [2.05, 4.69) is 28.1 Å². The van der Waals surface area contributed by atoms with E-state index in [1.165, 1.54) is 83.5 Å². The predicted molar refractivity (Wildman–Crippen MR) is 110 cm³/mol. The Morgan fingerprint density at radius 3 is 1.46 bits per heavy atom. The summed E-state index contributed by atoms with van der Waals surface area (Å²) in [6.07, 6.45) is 19.0. The van der Waals surface area contributed by atoms with Gasteiger partial charge < -0.3 is 31.3 Å². The van der Waals surface area contributed by atoms with Crippen LogP contribution < -0.4 is 17.0 Å². The average Bonchev–Trinajstić information content (AvgIpc) is 2.53. The SMILES string of the molecule is CCCCCCCCCCCCCCCCOCC(O)C[N+](C)(C)C.[Br-]. The van der Waals surface area contributed by atoms with E-state index in [-0.39, 0.29) is 23.1 Å². The lowest BCUT2D eigenvalue weighted by atomic mass is 10.0. The van der Waals surface area contributed by atoms with Crippen molar-refractivity contribution in [1.82, 2.24) is 0 Å². The standard InChI is InChI=1S/C22H48NO2.BrH/c1-5-6-7-8-9-10-11-12-13-14-15-16-17-18-19-25-21-22(24)20-23(2,3)4;/h22,24H,5-21H2,1-4H3;1H/q+1;/p-1. The molecule has 0 aromatic heterocycles. The molecule has 0 radical (unpaired) electrons. The molecule has 3 nitrogen and oxygen atoms in total. The number of aliphatic hydroxyl groups is 1. The number of ether oxygens (including phenoxy) is 1. The molecule has 1 unspecified atom stereocenters. The summed E-state index contributed by atoms with van der Waals surface area (Å²) in [6.45, 7) is 4.31. The highest BCUT2D eigenvalue weighted by Gasteiger charge is 2.15. The highest BCUT2D eigenvalue weighted by molar-refractivity contribution is 4.52. The molecule has 1 N–H and O–H groups in total. The zero-order chi connectivity index (χ0) is 18.8. The molecule has 0 aliphatic rings. The molecular weight excluding hydrogens is 390 g/mol. The summed E-state index contributed by atoms with van der Waals surface area (Å²) in [7, 11) is 6.28. The third-order valence-electron chi connectivity index (χ3n) is 4.71. The third kappa shape index (κ3) is 24.4. The quantitative estimate of drug-likeness (QED) is 0.248. The first-order chi connectivity index (χ1) is 12.0. The summed E-state index contributed by atoms with van der Waals surface area (Å²) < 4.78 is 6.37. The van der Waals surface area contributed by atoms with Gasteiger partial charge in [-0.3, -0.25) is 0 Å². The van der Waals surface area contributed by atoms with E-state index in [1.807, 2.05) is 0 Å². The van der Waals surface area contributed by atoms with Crippen LogP contribution in [0.2, 0.25) is 0 Å². The predicted octanol–water partition coefficient (Wildman–Crippen LogP) is 2.56. The van der Waals surface area contributed by atoms with E-state index >= 15 is 0 Å². The van der Waals surface area contributed by atoms with E-state index in [0.717, 1.165) is 24.1 Å². The number of hydrogen-bond donors (Lipinski definition) is 1. The molecule has 0 saturated carbocycles. The number of unbranched alkanes of at least 4 members (excludes halogenated alkanes) is 13. The highest BCUT2D eigenvalue weighted by Crippen LogP contribution is 2.12. The zero-order valence-corrected chi connectivity index (χ0v) is 19.9. The molecular formula is C22H48BrNO2. The minimum Gasteiger partial charge on any atom is -1.00 e. The fourth-order valence-electron chi connectivity index (χ4n) is 3.30. The van der Waals surface area contributed by atoms with Crippen LogP contribution in [0.3, 0.4) is 0 Å². The summed E-state index contributed by atoms with van der Waals surface area (Å²) in [4.78, 5) is 0. The maximum absolute atomic E-state index is 9.86. The largest absolute Gasteiger partial charge is 1.00 e. The van der Waals surface area contributed by atoms with Gasteiger partial charge >= 0.3 is 0 Å². The number of halogens is 1. The van der Waals surface area contributed by atoms with Crippen LogP contribution in [-0.4, -0.2) is 56.6 Å². The Hall–Kier alpha value is 0.360. The first kappa shape index (κ1) is 28.6. The summed E-state index contributed by atoms with van der Waals surface area (Å²) in [6, 6.07) is 0. The molecule has 0 heterocycles. The van der Waals surface area contributed by atoms with Crippen molar-refractivity contribution in [2.24, 2.45) is 0 Å². The van der Waals surface area contributed by atoms with Crippen LogP contribution in [0.15, 0.2) is 0 Å². The number of likely N-dealkylation sites (N-methyl/N-ethyl adjacent to an activating group) is 1. The maximum Gasteiger partial charge on any atom is 0.126 e. The number of aliphatic hydroxyl groups excluding tert-OH is 1. The van der Waals surface area contributed by atoms with Gasteiger partial charge in [0.15, 0.2) is 0 Å². The van der Waals surface area contributed by atoms with Gasteiger partial charge in [0.1, 0.15) is 12.6 Å². The lowest BCUT2D eigenvalue weighted by Crippen LogP contribution is -3.00. The Balaban J connectivity index is 0. The summed E-state index contributed by atoms with van der Waals surface area (Å²) in [5.74, 6) is 0. The molecule has 0 aliphatic carbocycles. The first-order valence-electron chi connectivity index (χ1n) is 11.0. The van der Waals surface area contributed by atoms with Crippen LogP contribution in [0.25, 0.3) is 0 Å². The Morgan fingerprint density at radius 1 is 0.692 bits per heavy atom. The van der Waals surface area contributed by atoms with Crippen molar-refractivity contribution in [2.45, 2.75) is 103 Å². The van der Waals surface area contributed by atoms with Gasteiger partial charge in [-0.1, -0.05) is 90.4 Å². The second-order valence-corrected chi connectivity index (χ2v) is 8.80. The minimum atomic E-state index is -0.341. The van der Waals surface area contributed by atoms with Crippen LogP contribution in [0, 0.1) is 0 Å². The molecule has 0 saturated heterocycles. The zero-order valence-electron chi connectivity index (χ0n) is 18.3. The second-order valence-electron chi connectivity index (χ2n) is 8.80. The van der Waals surface area contributed by atoms with Gasteiger partial charge in [0.2, 0.25) is 0 Å². The van der Waals surface area contributed by atoms with Gasteiger partial charge in [-0.25, -0.2) is 0 Å². The van der Waals surface area contributed by atoms with E-state index in [4.69, 9.17) is 4.74 Å². The number of rotatable bonds is 19. The number of nitrogens with zero attached hydrogens (tertiary/aromatic N) is 1. The minimum absolute atomic E-state index is 0. The van der Waals surface area contributed by atoms with E-state index < -0.39 is 0 Å². The van der Waals surface area contributed by atoms with Crippen molar-refractivity contribution in [1.29, 1.82) is 0 Å². The monoisotopic (exact) mass is 437 g/mol. The molecule has 4 heteroatoms. The number of quaternary nitrogens is 1. The van der Waals surface area contributed by atoms with Crippen molar-refractivity contribution in [2.75, 3.05) is 40.9 Å². The van der Waals surface area contributed by atoms with Gasteiger partial charge in [0.05, 0.1) is 27.7 Å². The molecule has 0 rings (SSSR count). The molecule has 0 spiro atoms. The van der Waals surface area contributed by atoms with Crippen molar-refractivity contribution >= 4 is 0 Å². The van der Waals surface area contributed by atoms with Crippen LogP contribution in [0.1, 0.15) is 96.8 Å². The van der Waals surface area contributed by atoms with Crippen molar-refractivity contribution < 1.29 is 31.3 Å². The summed E-state index contributed by atoms with van der Waals surface area (Å²) >= 11 is 0. The Labute approximate surface area is 175 Å². The van der Waals surface area contributed by atoms with E-state index in [1.54, 1.807) is 0 Å². The van der Waals surface area contributed by atoms with Gasteiger partial charge in [-0.15, -0.1) is 0 Å². The third-order valence-corrected chi connectivity index (χ3v) is 4.71. The van der Waals surface area contributed by atoms with E-state index in [9.17, 15) is 5.11 Å². The molecule has 26 heavy (non-hydrogen) atoms. The fourth-order valence-corrected chi connectivity index (χ4v) is 3.30. The first-order valence-corrected chi connectivity index (χ1v) is 11.0. The molecule has 0 aromatic carbocycles. The Bertz CT molecular complexity index is 269. The summed E-state index contributed by atoms with van der Waals surface area (Å²) in [5, 5.41) is 9.86. The van der Waals surface area contributed by atoms with Crippen molar-refractivity contribution in [3.8, 4) is 0 Å². The highest BCUT2D eigenvalue weighted by atomic mass is 79.9. The molecule has 0 fully saturated rings. The molecule has 1 atom stereocenters. The van der Waals surface area contributed by atoms with Crippen LogP contribution in [0.4, 0.5) is 0 Å². The molecule has 0 bridgehead atoms. The Kier molecular flexibility index (Phi) is 22.1. The second kappa shape index (κ2) is 20.1. The van der Waals surface area contributed by atoms with Crippen molar-refractivity contribution in [3.05, 3.63) is 0 Å². The van der Waals surface area contributed by atoms with Crippen LogP contribution >= 0.6 is 0 Å². The van der Waals surface area contributed by atoms with Gasteiger partial charge in [0.25, 0.3) is 0 Å². The molecule has 160 valence electrons. The molecule has 0 aromatic rings. The van der Waals surface area contributed by atoms with Gasteiger partial charge in [0, 0.05) is 6.61 Å². The van der Waals surface area contributed by atoms with Gasteiger partial charge in [-0.2, -0.15) is 0 Å². The van der Waals surface area contributed by atoms with Gasteiger partial charge in [-0.05, 0) is 6.42 Å². The molecule has 0 amide bonds. The normalized spacial score (nSPS) is 12.8. The van der Waals surface area contributed by atoms with E-state index in [0.29, 0.717) is 6.61 Å². The maximum atomic E-state index is 9.86. The lowest BCUT2D eigenvalue weighted by Gasteiger charge is -2.26. The van der Waals surface area contributed by atoms with Crippen LogP contribution in [-0.2, 0) is 4.74 Å². The van der Waals surface area contributed by atoms with Crippen molar-refractivity contribution in [3.63, 3.8) is 0 Å². The summed E-state index contributed by atoms with van der Waals surface area (Å²) in [5.41, 5.74) is 0. The fraction of sp³-hybridized carbons (Fsp3) is 1.00. The Morgan fingerprint density at radius 2 is 1.08 bits per heavy atom. The topological polar surface area (TPSA) is 29.5 Å². The number of hydrogen-bond acceptors (Lipinski definition) is 2. The average molecular weight is 439 g/mol. The molecule has 0 aliphatic heterocycles.